The van der Waals surface area contributed by atoms with Gasteiger partial charge in [0.1, 0.15) is 0 Å². The Bertz CT molecular complexity index is 716. The summed E-state index contributed by atoms with van der Waals surface area (Å²) in [6, 6.07) is 7.67. The molecular formula is C22H32N2O4S. The van der Waals surface area contributed by atoms with Crippen molar-refractivity contribution >= 4 is 23.6 Å². The van der Waals surface area contributed by atoms with Crippen LogP contribution in [0.25, 0.3) is 0 Å². The number of carboxylic acids is 1. The largest absolute Gasteiger partial charge is 0.478 e. The molecule has 1 aliphatic rings. The van der Waals surface area contributed by atoms with E-state index in [9.17, 15) is 14.7 Å². The molecule has 0 saturated heterocycles. The molecule has 1 aromatic rings. The van der Waals surface area contributed by atoms with E-state index >= 15 is 0 Å². The van der Waals surface area contributed by atoms with Crippen molar-refractivity contribution in [2.45, 2.75) is 75.8 Å². The van der Waals surface area contributed by atoms with Crippen LogP contribution in [-0.4, -0.2) is 47.5 Å². The molecule has 7 heteroatoms. The second-order valence-electron chi connectivity index (χ2n) is 7.30. The van der Waals surface area contributed by atoms with E-state index in [0.717, 1.165) is 18.4 Å². The van der Waals surface area contributed by atoms with Gasteiger partial charge in [-0.25, -0.2) is 4.79 Å². The van der Waals surface area contributed by atoms with Crippen molar-refractivity contribution in [1.29, 1.82) is 0 Å². The number of aliphatic carboxylic acids is 1. The molecule has 6 nitrogen and oxygen atoms in total. The summed E-state index contributed by atoms with van der Waals surface area (Å²) in [6.07, 6.45) is 5.21. The maximum Gasteiger partial charge on any atom is 0.331 e. The van der Waals surface area contributed by atoms with Crippen LogP contribution in [0.1, 0.15) is 45.6 Å². The average molecular weight is 421 g/mol. The monoisotopic (exact) mass is 420 g/mol. The maximum atomic E-state index is 11.9. The summed E-state index contributed by atoms with van der Waals surface area (Å²) in [5, 5.41) is 16.0. The summed E-state index contributed by atoms with van der Waals surface area (Å²) >= 11 is 1.69. The van der Waals surface area contributed by atoms with Crippen LogP contribution in [0, 0.1) is 0 Å². The molecule has 1 amide bonds. The Labute approximate surface area is 177 Å². The molecule has 0 saturated carbocycles. The molecule has 3 N–H and O–H groups in total. The quantitative estimate of drug-likeness (QED) is 0.503. The number of amides is 1. The fourth-order valence-electron chi connectivity index (χ4n) is 3.56. The molecule has 0 aromatic heterocycles. The van der Waals surface area contributed by atoms with Crippen LogP contribution in [0.2, 0.25) is 0 Å². The highest BCUT2D eigenvalue weighted by molar-refractivity contribution is 7.98. The van der Waals surface area contributed by atoms with Gasteiger partial charge in [0.25, 0.3) is 0 Å². The summed E-state index contributed by atoms with van der Waals surface area (Å²) in [7, 11) is 0. The van der Waals surface area contributed by atoms with Crippen molar-refractivity contribution in [3.05, 3.63) is 41.5 Å². The van der Waals surface area contributed by atoms with Gasteiger partial charge in [0.2, 0.25) is 5.91 Å². The van der Waals surface area contributed by atoms with Crippen molar-refractivity contribution in [1.82, 2.24) is 10.6 Å². The zero-order chi connectivity index (χ0) is 21.4. The average Bonchev–Trinajstić information content (AvgIpc) is 2.71. The third kappa shape index (κ3) is 6.87. The SMILES string of the molecule is CCC(CC)O[C@@H]1C=C(C(=O)O)C[C@H](NCc2ccc(SC)cc2)[C@H]1NC(C)=O. The lowest BCUT2D eigenvalue weighted by Crippen LogP contribution is -2.58. The minimum absolute atomic E-state index is 0.0143. The van der Waals surface area contributed by atoms with Crippen molar-refractivity contribution < 1.29 is 19.4 Å². The molecule has 2 rings (SSSR count). The third-order valence-electron chi connectivity index (χ3n) is 5.23. The van der Waals surface area contributed by atoms with Gasteiger partial charge in [-0.2, -0.15) is 0 Å². The first kappa shape index (κ1) is 23.4. The van der Waals surface area contributed by atoms with Gasteiger partial charge in [0.15, 0.2) is 0 Å². The highest BCUT2D eigenvalue weighted by atomic mass is 32.2. The van der Waals surface area contributed by atoms with Crippen molar-refractivity contribution in [2.75, 3.05) is 6.26 Å². The second-order valence-corrected chi connectivity index (χ2v) is 8.18. The van der Waals surface area contributed by atoms with Crippen LogP contribution in [0.4, 0.5) is 0 Å². The number of rotatable bonds is 10. The highest BCUT2D eigenvalue weighted by Crippen LogP contribution is 2.25. The van der Waals surface area contributed by atoms with E-state index in [1.807, 2.05) is 20.1 Å². The molecule has 0 bridgehead atoms. The van der Waals surface area contributed by atoms with Gasteiger partial charge in [-0.05, 0) is 49.3 Å². The molecule has 0 spiro atoms. The predicted octanol–water partition coefficient (Wildman–Crippen LogP) is 3.36. The summed E-state index contributed by atoms with van der Waals surface area (Å²) in [5.74, 6) is -1.10. The van der Waals surface area contributed by atoms with Gasteiger partial charge < -0.3 is 20.5 Å². The summed E-state index contributed by atoms with van der Waals surface area (Å²) in [5.41, 5.74) is 1.42. The fourth-order valence-corrected chi connectivity index (χ4v) is 3.97. The van der Waals surface area contributed by atoms with Crippen LogP contribution < -0.4 is 10.6 Å². The Morgan fingerprint density at radius 1 is 1.24 bits per heavy atom. The summed E-state index contributed by atoms with van der Waals surface area (Å²) in [4.78, 5) is 24.7. The van der Waals surface area contributed by atoms with Gasteiger partial charge in [-0.15, -0.1) is 11.8 Å². The Morgan fingerprint density at radius 2 is 1.90 bits per heavy atom. The summed E-state index contributed by atoms with van der Waals surface area (Å²) < 4.78 is 6.20. The standard InChI is InChI=1S/C22H32N2O4S/c1-5-17(6-2)28-20-12-16(22(26)27)11-19(21(20)24-14(3)25)23-13-15-7-9-18(29-4)10-8-15/h7-10,12,17,19-21,23H,5-6,11,13H2,1-4H3,(H,24,25)(H,26,27)/t19-,20+,21+/m0/s1. The highest BCUT2D eigenvalue weighted by Gasteiger charge is 2.37. The number of hydrogen-bond donors (Lipinski definition) is 3. The Balaban J connectivity index is 2.22. The number of thioether (sulfide) groups is 1. The number of nitrogens with one attached hydrogen (secondary N) is 2. The van der Waals surface area contributed by atoms with Crippen LogP contribution in [0.3, 0.4) is 0 Å². The molecule has 160 valence electrons. The number of carboxylic acid groups (broad SMARTS) is 1. The number of carbonyl (C=O) groups is 2. The predicted molar refractivity (Wildman–Crippen MR) is 116 cm³/mol. The fraction of sp³-hybridized carbons (Fsp3) is 0.545. The molecule has 0 heterocycles. The number of ether oxygens (including phenoxy) is 1. The van der Waals surface area contributed by atoms with Crippen molar-refractivity contribution in [3.8, 4) is 0 Å². The molecule has 1 aliphatic carbocycles. The topological polar surface area (TPSA) is 87.7 Å². The molecule has 0 fully saturated rings. The van der Waals surface area contributed by atoms with Crippen LogP contribution >= 0.6 is 11.8 Å². The zero-order valence-corrected chi connectivity index (χ0v) is 18.4. The van der Waals surface area contributed by atoms with E-state index in [-0.39, 0.29) is 24.1 Å². The molecule has 0 aliphatic heterocycles. The minimum Gasteiger partial charge on any atom is -0.478 e. The van der Waals surface area contributed by atoms with Crippen molar-refractivity contribution in [2.24, 2.45) is 0 Å². The molecular weight excluding hydrogens is 388 g/mol. The Morgan fingerprint density at radius 3 is 2.41 bits per heavy atom. The lowest BCUT2D eigenvalue weighted by molar-refractivity contribution is -0.133. The zero-order valence-electron chi connectivity index (χ0n) is 17.6. The van der Waals surface area contributed by atoms with Crippen LogP contribution in [-0.2, 0) is 20.9 Å². The van der Waals surface area contributed by atoms with E-state index in [1.54, 1.807) is 17.8 Å². The summed E-state index contributed by atoms with van der Waals surface area (Å²) in [6.45, 7) is 6.14. The normalized spacial score (nSPS) is 21.7. The van der Waals surface area contributed by atoms with Gasteiger partial charge >= 0.3 is 5.97 Å². The number of carbonyl (C=O) groups excluding carboxylic acids is 1. The van der Waals surface area contributed by atoms with Gasteiger partial charge in [0, 0.05) is 30.0 Å². The van der Waals surface area contributed by atoms with E-state index in [2.05, 4.69) is 34.9 Å². The molecule has 0 unspecified atom stereocenters. The first-order chi connectivity index (χ1) is 13.9. The molecule has 1 aromatic carbocycles. The molecule has 3 atom stereocenters. The van der Waals surface area contributed by atoms with E-state index in [0.29, 0.717) is 18.5 Å². The third-order valence-corrected chi connectivity index (χ3v) is 5.97. The minimum atomic E-state index is -0.944. The number of hydrogen-bond acceptors (Lipinski definition) is 5. The van der Waals surface area contributed by atoms with E-state index in [4.69, 9.17) is 4.74 Å². The Hall–Kier alpha value is -1.83. The smallest absolute Gasteiger partial charge is 0.331 e. The maximum absolute atomic E-state index is 11.9. The second kappa shape index (κ2) is 11.4. The van der Waals surface area contributed by atoms with Gasteiger partial charge in [-0.1, -0.05) is 26.0 Å². The lowest BCUT2D eigenvalue weighted by Gasteiger charge is -2.38. The van der Waals surface area contributed by atoms with Gasteiger partial charge in [-0.3, -0.25) is 4.79 Å². The van der Waals surface area contributed by atoms with E-state index < -0.39 is 12.1 Å². The number of benzene rings is 1. The van der Waals surface area contributed by atoms with Crippen LogP contribution in [0.5, 0.6) is 0 Å². The van der Waals surface area contributed by atoms with Crippen LogP contribution in [0.15, 0.2) is 40.8 Å². The first-order valence-corrected chi connectivity index (χ1v) is 11.3. The lowest BCUT2D eigenvalue weighted by atomic mass is 9.87. The van der Waals surface area contributed by atoms with E-state index in [1.165, 1.54) is 11.8 Å². The van der Waals surface area contributed by atoms with Crippen molar-refractivity contribution in [3.63, 3.8) is 0 Å². The molecule has 0 radical (unpaired) electrons. The first-order valence-electron chi connectivity index (χ1n) is 10.1. The molecule has 29 heavy (non-hydrogen) atoms. The van der Waals surface area contributed by atoms with Gasteiger partial charge in [0.05, 0.1) is 18.2 Å². The Kier molecular flexibility index (Phi) is 9.20.